The smallest absolute Gasteiger partial charge is 0.0540 e. The third-order valence-electron chi connectivity index (χ3n) is 10.7. The molecule has 0 unspecified atom stereocenters. The standard InChI is InChI=1S/C52H35N/c1-3-11-36(12-4-1)37-23-28-44(29-24-37)53(43-14-5-2-6-15-43)52-34-33-46(48-17-9-10-18-51(48)52)40-21-19-38(20-22-40)41-26-30-47-42(35-41)27-32-49-45-16-8-7-13-39(45)25-31-50(47)49/h1-35H. The zero-order valence-corrected chi connectivity index (χ0v) is 29.2. The lowest BCUT2D eigenvalue weighted by Crippen LogP contribution is -2.10. The van der Waals surface area contributed by atoms with Crippen molar-refractivity contribution in [2.24, 2.45) is 0 Å². The molecular weight excluding hydrogens is 639 g/mol. The maximum atomic E-state index is 2.37. The van der Waals surface area contributed by atoms with E-state index < -0.39 is 0 Å². The Bertz CT molecular complexity index is 2910. The van der Waals surface area contributed by atoms with E-state index in [1.165, 1.54) is 76.5 Å². The average Bonchev–Trinajstić information content (AvgIpc) is 3.24. The van der Waals surface area contributed by atoms with Crippen LogP contribution in [-0.4, -0.2) is 0 Å². The van der Waals surface area contributed by atoms with Gasteiger partial charge in [-0.3, -0.25) is 0 Å². The Labute approximate surface area is 309 Å². The van der Waals surface area contributed by atoms with E-state index in [1.54, 1.807) is 0 Å². The molecule has 10 aromatic rings. The van der Waals surface area contributed by atoms with Crippen molar-refractivity contribution in [3.63, 3.8) is 0 Å². The van der Waals surface area contributed by atoms with E-state index in [4.69, 9.17) is 0 Å². The van der Waals surface area contributed by atoms with Crippen molar-refractivity contribution in [2.45, 2.75) is 0 Å². The van der Waals surface area contributed by atoms with Crippen molar-refractivity contribution in [1.29, 1.82) is 0 Å². The first-order valence-corrected chi connectivity index (χ1v) is 18.3. The second kappa shape index (κ2) is 13.0. The van der Waals surface area contributed by atoms with E-state index in [9.17, 15) is 0 Å². The molecule has 0 aliphatic carbocycles. The molecule has 0 saturated heterocycles. The minimum absolute atomic E-state index is 1.12. The Morgan fingerprint density at radius 2 is 0.736 bits per heavy atom. The molecule has 0 amide bonds. The van der Waals surface area contributed by atoms with Crippen LogP contribution in [0.15, 0.2) is 212 Å². The summed E-state index contributed by atoms with van der Waals surface area (Å²) in [5.74, 6) is 0. The Balaban J connectivity index is 1.01. The topological polar surface area (TPSA) is 3.24 Å². The van der Waals surface area contributed by atoms with E-state index in [0.29, 0.717) is 0 Å². The fourth-order valence-electron chi connectivity index (χ4n) is 8.02. The summed E-state index contributed by atoms with van der Waals surface area (Å²) in [5.41, 5.74) is 10.7. The van der Waals surface area contributed by atoms with Gasteiger partial charge in [0.2, 0.25) is 0 Å². The minimum atomic E-state index is 1.12. The summed E-state index contributed by atoms with van der Waals surface area (Å²) in [4.78, 5) is 2.37. The van der Waals surface area contributed by atoms with Crippen LogP contribution in [0.2, 0.25) is 0 Å². The molecule has 0 fully saturated rings. The highest BCUT2D eigenvalue weighted by molar-refractivity contribution is 6.17. The van der Waals surface area contributed by atoms with Gasteiger partial charge in [0.15, 0.2) is 0 Å². The molecule has 1 heteroatoms. The molecule has 248 valence electrons. The zero-order chi connectivity index (χ0) is 35.1. The number of fused-ring (bicyclic) bond motifs is 6. The van der Waals surface area contributed by atoms with Gasteiger partial charge in [-0.05, 0) is 107 Å². The number of nitrogens with zero attached hydrogens (tertiary/aromatic N) is 1. The summed E-state index contributed by atoms with van der Waals surface area (Å²) >= 11 is 0. The van der Waals surface area contributed by atoms with Crippen LogP contribution >= 0.6 is 0 Å². The van der Waals surface area contributed by atoms with Crippen LogP contribution in [-0.2, 0) is 0 Å². The lowest BCUT2D eigenvalue weighted by molar-refractivity contribution is 1.30. The Hall–Kier alpha value is -6.96. The SMILES string of the molecule is c1ccc(-c2ccc(N(c3ccccc3)c3ccc(-c4ccc(-c5ccc6c(ccc7c8ccccc8ccc67)c5)cc4)c4ccccc34)cc2)cc1. The second-order valence-corrected chi connectivity index (χ2v) is 13.7. The predicted molar refractivity (Wildman–Crippen MR) is 227 cm³/mol. The normalized spacial score (nSPS) is 11.4. The highest BCUT2D eigenvalue weighted by atomic mass is 15.1. The number of hydrogen-bond donors (Lipinski definition) is 0. The van der Waals surface area contributed by atoms with Gasteiger partial charge in [0.1, 0.15) is 0 Å². The first-order valence-electron chi connectivity index (χ1n) is 18.3. The Morgan fingerprint density at radius 3 is 1.49 bits per heavy atom. The molecule has 1 nitrogen and oxygen atoms in total. The molecule has 0 heterocycles. The van der Waals surface area contributed by atoms with Gasteiger partial charge in [-0.2, -0.15) is 0 Å². The van der Waals surface area contributed by atoms with Gasteiger partial charge in [-0.15, -0.1) is 0 Å². The van der Waals surface area contributed by atoms with Crippen LogP contribution in [0, 0.1) is 0 Å². The number of benzene rings is 10. The molecule has 0 bridgehead atoms. The molecule has 0 N–H and O–H groups in total. The lowest BCUT2D eigenvalue weighted by atomic mass is 9.93. The lowest BCUT2D eigenvalue weighted by Gasteiger charge is -2.27. The van der Waals surface area contributed by atoms with Crippen LogP contribution in [0.1, 0.15) is 0 Å². The van der Waals surface area contributed by atoms with Gasteiger partial charge >= 0.3 is 0 Å². The summed E-state index contributed by atoms with van der Waals surface area (Å²) in [5, 5.41) is 10.2. The zero-order valence-electron chi connectivity index (χ0n) is 29.2. The van der Waals surface area contributed by atoms with Gasteiger partial charge in [-0.1, -0.05) is 176 Å². The van der Waals surface area contributed by atoms with Crippen molar-refractivity contribution >= 4 is 60.2 Å². The van der Waals surface area contributed by atoms with Gasteiger partial charge in [-0.25, -0.2) is 0 Å². The van der Waals surface area contributed by atoms with Crippen molar-refractivity contribution in [2.75, 3.05) is 4.90 Å². The Kier molecular flexibility index (Phi) is 7.55. The van der Waals surface area contributed by atoms with E-state index >= 15 is 0 Å². The fraction of sp³-hybridized carbons (Fsp3) is 0. The van der Waals surface area contributed by atoms with E-state index in [1.807, 2.05) is 0 Å². The first-order chi connectivity index (χ1) is 26.3. The van der Waals surface area contributed by atoms with E-state index in [0.717, 1.165) is 17.1 Å². The number of para-hydroxylation sites is 1. The summed E-state index contributed by atoms with van der Waals surface area (Å²) in [7, 11) is 0. The molecule has 0 aliphatic heterocycles. The molecule has 0 atom stereocenters. The van der Waals surface area contributed by atoms with Gasteiger partial charge < -0.3 is 4.90 Å². The van der Waals surface area contributed by atoms with E-state index in [2.05, 4.69) is 217 Å². The van der Waals surface area contributed by atoms with Gasteiger partial charge in [0.05, 0.1) is 5.69 Å². The maximum Gasteiger partial charge on any atom is 0.0540 e. The van der Waals surface area contributed by atoms with Crippen LogP contribution < -0.4 is 4.90 Å². The van der Waals surface area contributed by atoms with Gasteiger partial charge in [0, 0.05) is 16.8 Å². The average molecular weight is 674 g/mol. The van der Waals surface area contributed by atoms with Crippen LogP contribution in [0.4, 0.5) is 17.1 Å². The number of anilines is 3. The fourth-order valence-corrected chi connectivity index (χ4v) is 8.02. The third kappa shape index (κ3) is 5.51. The second-order valence-electron chi connectivity index (χ2n) is 13.7. The number of hydrogen-bond acceptors (Lipinski definition) is 1. The molecule has 0 aromatic heterocycles. The van der Waals surface area contributed by atoms with Crippen LogP contribution in [0.3, 0.4) is 0 Å². The van der Waals surface area contributed by atoms with Crippen molar-refractivity contribution in [1.82, 2.24) is 0 Å². The molecule has 0 aliphatic rings. The molecule has 53 heavy (non-hydrogen) atoms. The van der Waals surface area contributed by atoms with Crippen molar-refractivity contribution in [3.05, 3.63) is 212 Å². The molecular formula is C52H35N. The molecule has 0 saturated carbocycles. The largest absolute Gasteiger partial charge is 0.310 e. The summed E-state index contributed by atoms with van der Waals surface area (Å²) in [6.07, 6.45) is 0. The highest BCUT2D eigenvalue weighted by Crippen LogP contribution is 2.43. The predicted octanol–water partition coefficient (Wildman–Crippen LogP) is 14.8. The molecule has 10 aromatic carbocycles. The highest BCUT2D eigenvalue weighted by Gasteiger charge is 2.17. The molecule has 0 radical (unpaired) electrons. The number of rotatable bonds is 6. The summed E-state index contributed by atoms with van der Waals surface area (Å²) in [6.45, 7) is 0. The monoisotopic (exact) mass is 673 g/mol. The van der Waals surface area contributed by atoms with E-state index in [-0.39, 0.29) is 0 Å². The molecule has 0 spiro atoms. The minimum Gasteiger partial charge on any atom is -0.310 e. The quantitative estimate of drug-likeness (QED) is 0.159. The maximum absolute atomic E-state index is 2.37. The summed E-state index contributed by atoms with van der Waals surface area (Å²) in [6, 6.07) is 77.1. The van der Waals surface area contributed by atoms with Crippen molar-refractivity contribution in [3.8, 4) is 33.4 Å². The van der Waals surface area contributed by atoms with Crippen molar-refractivity contribution < 1.29 is 0 Å². The first kappa shape index (κ1) is 30.8. The van der Waals surface area contributed by atoms with Crippen LogP contribution in [0.25, 0.3) is 76.5 Å². The summed E-state index contributed by atoms with van der Waals surface area (Å²) < 4.78 is 0. The Morgan fingerprint density at radius 1 is 0.245 bits per heavy atom. The molecule has 10 rings (SSSR count). The third-order valence-corrected chi connectivity index (χ3v) is 10.7. The van der Waals surface area contributed by atoms with Gasteiger partial charge in [0.25, 0.3) is 0 Å². The van der Waals surface area contributed by atoms with Crippen LogP contribution in [0.5, 0.6) is 0 Å².